The van der Waals surface area contributed by atoms with Crippen LogP contribution in [0.2, 0.25) is 0 Å². The lowest BCUT2D eigenvalue weighted by atomic mass is 9.94. The second-order valence-electron chi connectivity index (χ2n) is 6.07. The second-order valence-corrected chi connectivity index (χ2v) is 6.07. The molecule has 3 rings (SSSR count). The summed E-state index contributed by atoms with van der Waals surface area (Å²) in [4.78, 5) is 22.5. The van der Waals surface area contributed by atoms with Crippen LogP contribution in [0.1, 0.15) is 35.8 Å². The van der Waals surface area contributed by atoms with E-state index in [9.17, 15) is 9.90 Å². The zero-order valence-corrected chi connectivity index (χ0v) is 13.2. The molecule has 1 aliphatic heterocycles. The van der Waals surface area contributed by atoms with Crippen LogP contribution in [0.15, 0.2) is 42.7 Å². The van der Waals surface area contributed by atoms with Crippen molar-refractivity contribution in [3.63, 3.8) is 0 Å². The average molecular weight is 311 g/mol. The number of rotatable bonds is 4. The van der Waals surface area contributed by atoms with Crippen LogP contribution < -0.4 is 0 Å². The Hall–Kier alpha value is -2.27. The molecule has 0 saturated carbocycles. The van der Waals surface area contributed by atoms with Crippen LogP contribution in [0.5, 0.6) is 0 Å². The molecule has 1 saturated heterocycles. The number of aryl methyl sites for hydroxylation is 1. The molecule has 120 valence electrons. The Morgan fingerprint density at radius 2 is 2.22 bits per heavy atom. The highest BCUT2D eigenvalue weighted by molar-refractivity contribution is 5.70. The summed E-state index contributed by atoms with van der Waals surface area (Å²) in [6.45, 7) is 3.39. The molecular formula is C18H21N3O2. The van der Waals surface area contributed by atoms with Gasteiger partial charge in [-0.3, -0.25) is 19.7 Å². The molecule has 2 aromatic rings. The Morgan fingerprint density at radius 1 is 1.35 bits per heavy atom. The van der Waals surface area contributed by atoms with Crippen LogP contribution in [-0.2, 0) is 4.79 Å². The minimum Gasteiger partial charge on any atom is -0.481 e. The number of hydrogen-bond acceptors (Lipinski definition) is 4. The number of hydrogen-bond donors (Lipinski definition) is 1. The van der Waals surface area contributed by atoms with Crippen molar-refractivity contribution in [1.29, 1.82) is 0 Å². The summed E-state index contributed by atoms with van der Waals surface area (Å²) >= 11 is 0. The number of carbonyl (C=O) groups is 1. The van der Waals surface area contributed by atoms with E-state index in [1.807, 2.05) is 43.5 Å². The molecule has 23 heavy (non-hydrogen) atoms. The number of nitrogens with zero attached hydrogens (tertiary/aromatic N) is 3. The highest BCUT2D eigenvalue weighted by atomic mass is 16.4. The van der Waals surface area contributed by atoms with Crippen molar-refractivity contribution in [2.45, 2.75) is 25.8 Å². The summed E-state index contributed by atoms with van der Waals surface area (Å²) in [6, 6.07) is 9.88. The van der Waals surface area contributed by atoms with E-state index < -0.39 is 5.97 Å². The first-order valence-corrected chi connectivity index (χ1v) is 7.95. The van der Waals surface area contributed by atoms with E-state index in [0.29, 0.717) is 6.54 Å². The predicted octanol–water partition coefficient (Wildman–Crippen LogP) is 2.67. The number of piperidine rings is 1. The molecule has 5 nitrogen and oxygen atoms in total. The predicted molar refractivity (Wildman–Crippen MR) is 87.0 cm³/mol. The Kier molecular flexibility index (Phi) is 4.67. The van der Waals surface area contributed by atoms with Crippen LogP contribution in [-0.4, -0.2) is 39.0 Å². The van der Waals surface area contributed by atoms with Crippen LogP contribution in [0, 0.1) is 12.8 Å². The summed E-state index contributed by atoms with van der Waals surface area (Å²) in [6.07, 6.45) is 5.23. The second kappa shape index (κ2) is 6.87. The van der Waals surface area contributed by atoms with Gasteiger partial charge in [0.1, 0.15) is 0 Å². The highest BCUT2D eigenvalue weighted by Crippen LogP contribution is 2.31. The first-order valence-electron chi connectivity index (χ1n) is 7.95. The highest BCUT2D eigenvalue weighted by Gasteiger charge is 2.31. The summed E-state index contributed by atoms with van der Waals surface area (Å²) in [5, 5.41) is 9.37. The monoisotopic (exact) mass is 311 g/mol. The van der Waals surface area contributed by atoms with Gasteiger partial charge in [-0.1, -0.05) is 12.1 Å². The Bertz CT molecular complexity index is 675. The first kappa shape index (κ1) is 15.6. The van der Waals surface area contributed by atoms with Gasteiger partial charge >= 0.3 is 5.97 Å². The van der Waals surface area contributed by atoms with Crippen molar-refractivity contribution in [1.82, 2.24) is 14.9 Å². The van der Waals surface area contributed by atoms with Gasteiger partial charge in [0, 0.05) is 24.6 Å². The molecule has 1 aliphatic rings. The SMILES string of the molecule is Cc1cccc(C(c2cccnc2)N2CCCC(C(=O)O)C2)n1. The number of carboxylic acid groups (broad SMARTS) is 1. The van der Waals surface area contributed by atoms with E-state index in [0.717, 1.165) is 36.3 Å². The third kappa shape index (κ3) is 3.56. The maximum absolute atomic E-state index is 11.4. The fraction of sp³-hybridized carbons (Fsp3) is 0.389. The average Bonchev–Trinajstić information content (AvgIpc) is 2.56. The van der Waals surface area contributed by atoms with Crippen LogP contribution in [0.3, 0.4) is 0 Å². The molecule has 0 amide bonds. The summed E-state index contributed by atoms with van der Waals surface area (Å²) in [5.41, 5.74) is 2.96. The van der Waals surface area contributed by atoms with Crippen LogP contribution >= 0.6 is 0 Å². The van der Waals surface area contributed by atoms with Gasteiger partial charge in [0.25, 0.3) is 0 Å². The van der Waals surface area contributed by atoms with Gasteiger partial charge in [0.15, 0.2) is 0 Å². The maximum Gasteiger partial charge on any atom is 0.307 e. The number of carboxylic acids is 1. The Balaban J connectivity index is 1.97. The quantitative estimate of drug-likeness (QED) is 0.940. The fourth-order valence-electron chi connectivity index (χ4n) is 3.27. The summed E-state index contributed by atoms with van der Waals surface area (Å²) in [5.74, 6) is -1.02. The number of aliphatic carboxylic acids is 1. The van der Waals surface area contributed by atoms with Crippen molar-refractivity contribution < 1.29 is 9.90 Å². The Morgan fingerprint density at radius 3 is 2.91 bits per heavy atom. The van der Waals surface area contributed by atoms with E-state index >= 15 is 0 Å². The molecule has 2 unspecified atom stereocenters. The third-order valence-electron chi connectivity index (χ3n) is 4.36. The van der Waals surface area contributed by atoms with E-state index in [-0.39, 0.29) is 12.0 Å². The van der Waals surface area contributed by atoms with Crippen molar-refractivity contribution in [2.24, 2.45) is 5.92 Å². The van der Waals surface area contributed by atoms with Crippen molar-refractivity contribution >= 4 is 5.97 Å². The van der Waals surface area contributed by atoms with Gasteiger partial charge in [-0.2, -0.15) is 0 Å². The third-order valence-corrected chi connectivity index (χ3v) is 4.36. The number of likely N-dealkylation sites (tertiary alicyclic amines) is 1. The van der Waals surface area contributed by atoms with E-state index in [2.05, 4.69) is 14.9 Å². The zero-order chi connectivity index (χ0) is 16.2. The molecule has 0 aliphatic carbocycles. The fourth-order valence-corrected chi connectivity index (χ4v) is 3.27. The molecule has 0 bridgehead atoms. The zero-order valence-electron chi connectivity index (χ0n) is 13.2. The molecule has 0 radical (unpaired) electrons. The first-order chi connectivity index (χ1) is 11.1. The lowest BCUT2D eigenvalue weighted by Crippen LogP contribution is -2.41. The van der Waals surface area contributed by atoms with Gasteiger partial charge in [-0.05, 0) is 50.1 Å². The van der Waals surface area contributed by atoms with Gasteiger partial charge in [-0.15, -0.1) is 0 Å². The van der Waals surface area contributed by atoms with Crippen LogP contribution in [0.4, 0.5) is 0 Å². The smallest absolute Gasteiger partial charge is 0.307 e. The summed E-state index contributed by atoms with van der Waals surface area (Å²) in [7, 11) is 0. The number of pyridine rings is 2. The number of aromatic nitrogens is 2. The van der Waals surface area contributed by atoms with E-state index in [1.165, 1.54) is 0 Å². The molecule has 0 spiro atoms. The van der Waals surface area contributed by atoms with Gasteiger partial charge in [-0.25, -0.2) is 0 Å². The maximum atomic E-state index is 11.4. The topological polar surface area (TPSA) is 66.3 Å². The molecule has 2 aromatic heterocycles. The largest absolute Gasteiger partial charge is 0.481 e. The summed E-state index contributed by atoms with van der Waals surface area (Å²) < 4.78 is 0. The van der Waals surface area contributed by atoms with E-state index in [4.69, 9.17) is 0 Å². The van der Waals surface area contributed by atoms with Gasteiger partial charge < -0.3 is 5.11 Å². The molecule has 0 aromatic carbocycles. The molecule has 3 heterocycles. The van der Waals surface area contributed by atoms with Crippen LogP contribution in [0.25, 0.3) is 0 Å². The lowest BCUT2D eigenvalue weighted by Gasteiger charge is -2.37. The van der Waals surface area contributed by atoms with Crippen molar-refractivity contribution in [2.75, 3.05) is 13.1 Å². The standard InChI is InChI=1S/C18H21N3O2/c1-13-5-2-8-16(20-13)17(14-6-3-9-19-11-14)21-10-4-7-15(12-21)18(22)23/h2-3,5-6,8-9,11,15,17H,4,7,10,12H2,1H3,(H,22,23). The normalized spacial score (nSPS) is 20.1. The molecular weight excluding hydrogens is 290 g/mol. The molecule has 1 N–H and O–H groups in total. The van der Waals surface area contributed by atoms with E-state index in [1.54, 1.807) is 6.20 Å². The Labute approximate surface area is 136 Å². The minimum absolute atomic E-state index is 0.0502. The van der Waals surface area contributed by atoms with Crippen molar-refractivity contribution in [3.05, 3.63) is 59.7 Å². The lowest BCUT2D eigenvalue weighted by molar-refractivity contribution is -0.143. The molecule has 1 fully saturated rings. The molecule has 2 atom stereocenters. The molecule has 5 heteroatoms. The van der Waals surface area contributed by atoms with Crippen molar-refractivity contribution in [3.8, 4) is 0 Å². The minimum atomic E-state index is -0.711. The van der Waals surface area contributed by atoms with Gasteiger partial charge in [0.05, 0.1) is 17.7 Å². The van der Waals surface area contributed by atoms with Gasteiger partial charge in [0.2, 0.25) is 0 Å².